The van der Waals surface area contributed by atoms with Crippen LogP contribution >= 0.6 is 11.8 Å². The van der Waals surface area contributed by atoms with Crippen molar-refractivity contribution < 1.29 is 4.79 Å². The van der Waals surface area contributed by atoms with Crippen molar-refractivity contribution in [3.8, 4) is 0 Å². The molecule has 2 heteroatoms. The van der Waals surface area contributed by atoms with E-state index in [1.54, 1.807) is 0 Å². The van der Waals surface area contributed by atoms with E-state index < -0.39 is 0 Å². The molecule has 4 fully saturated rings. The minimum absolute atomic E-state index is 0.352. The molecule has 1 nitrogen and oxygen atoms in total. The number of fused-ring (bicyclic) bond motifs is 6. The van der Waals surface area contributed by atoms with Gasteiger partial charge in [0.25, 0.3) is 0 Å². The third-order valence-corrected chi connectivity index (χ3v) is 10.4. The summed E-state index contributed by atoms with van der Waals surface area (Å²) in [6, 6.07) is 0. The van der Waals surface area contributed by atoms with Crippen LogP contribution in [-0.2, 0) is 4.79 Å². The Hall–Kier alpha value is -0.240. The second kappa shape index (κ2) is 4.23. The van der Waals surface area contributed by atoms with Gasteiger partial charge >= 0.3 is 0 Å². The number of carbonyl (C=O) groups excluding carboxylic acids is 1. The van der Waals surface area contributed by atoms with Gasteiger partial charge in [0.05, 0.1) is 0 Å². The van der Waals surface area contributed by atoms with Crippen molar-refractivity contribution in [2.24, 2.45) is 28.6 Å². The predicted octanol–water partition coefficient (Wildman–Crippen LogP) is 5.00. The third kappa shape index (κ3) is 1.56. The van der Waals surface area contributed by atoms with E-state index in [0.29, 0.717) is 21.4 Å². The molecule has 0 unspecified atom stereocenters. The van der Waals surface area contributed by atoms with Crippen molar-refractivity contribution in [1.29, 1.82) is 0 Å². The summed E-state index contributed by atoms with van der Waals surface area (Å²) in [4.78, 5) is 11.9. The Morgan fingerprint density at radius 1 is 1.05 bits per heavy atom. The van der Waals surface area contributed by atoms with E-state index in [1.165, 1.54) is 49.9 Å². The maximum atomic E-state index is 11.9. The van der Waals surface area contributed by atoms with E-state index in [-0.39, 0.29) is 0 Å². The highest BCUT2D eigenvalue weighted by Gasteiger charge is 2.68. The largest absolute Gasteiger partial charge is 0.295 e. The quantitative estimate of drug-likeness (QED) is 0.585. The maximum absolute atomic E-state index is 11.9. The number of ketones is 1. The molecular formula is C20H28OS. The molecule has 1 aliphatic heterocycles. The van der Waals surface area contributed by atoms with Crippen molar-refractivity contribution >= 4 is 17.5 Å². The van der Waals surface area contributed by atoms with Gasteiger partial charge in [-0.05, 0) is 79.6 Å². The van der Waals surface area contributed by atoms with Crippen molar-refractivity contribution in [3.05, 3.63) is 11.6 Å². The van der Waals surface area contributed by atoms with E-state index in [4.69, 9.17) is 0 Å². The Kier molecular flexibility index (Phi) is 2.72. The van der Waals surface area contributed by atoms with Crippen LogP contribution in [0.1, 0.15) is 65.2 Å². The first-order valence-electron chi connectivity index (χ1n) is 9.36. The van der Waals surface area contributed by atoms with E-state index in [0.717, 1.165) is 30.6 Å². The van der Waals surface area contributed by atoms with Crippen LogP contribution in [0.15, 0.2) is 11.6 Å². The van der Waals surface area contributed by atoms with E-state index >= 15 is 0 Å². The number of hydrogen-bond acceptors (Lipinski definition) is 2. The van der Waals surface area contributed by atoms with E-state index in [1.807, 2.05) is 6.08 Å². The van der Waals surface area contributed by atoms with Gasteiger partial charge in [-0.3, -0.25) is 4.79 Å². The Bertz CT molecular complexity index is 574. The SMILES string of the molecule is C[C@]12CCC(=O)C=C1CC[C@@H]1[C@H]2CC[C@@]2(C)[C@H]1CC[C@]21CS1. The molecule has 0 N–H and O–H groups in total. The van der Waals surface area contributed by atoms with Crippen LogP contribution in [0.5, 0.6) is 0 Å². The van der Waals surface area contributed by atoms with E-state index in [9.17, 15) is 4.79 Å². The van der Waals surface area contributed by atoms with Gasteiger partial charge in [-0.25, -0.2) is 0 Å². The zero-order valence-corrected chi connectivity index (χ0v) is 14.8. The third-order valence-electron chi connectivity index (χ3n) is 8.74. The summed E-state index contributed by atoms with van der Waals surface area (Å²) >= 11 is 2.27. The number of allylic oxidation sites excluding steroid dienone is 1. The zero-order valence-electron chi connectivity index (χ0n) is 14.0. The summed E-state index contributed by atoms with van der Waals surface area (Å²) in [5.74, 6) is 4.60. The second-order valence-electron chi connectivity index (χ2n) is 9.25. The average molecular weight is 317 g/mol. The first-order valence-corrected chi connectivity index (χ1v) is 10.3. The van der Waals surface area contributed by atoms with Crippen LogP contribution in [0, 0.1) is 28.6 Å². The van der Waals surface area contributed by atoms with Gasteiger partial charge in [-0.15, -0.1) is 0 Å². The first kappa shape index (κ1) is 14.1. The monoisotopic (exact) mass is 316 g/mol. The molecule has 0 aromatic heterocycles. The minimum atomic E-state index is 0.352. The number of hydrogen-bond donors (Lipinski definition) is 0. The minimum Gasteiger partial charge on any atom is -0.295 e. The van der Waals surface area contributed by atoms with Crippen LogP contribution in [0.2, 0.25) is 0 Å². The Morgan fingerprint density at radius 2 is 1.82 bits per heavy atom. The molecule has 0 bridgehead atoms. The maximum Gasteiger partial charge on any atom is 0.155 e. The highest BCUT2D eigenvalue weighted by Crippen LogP contribution is 2.75. The Balaban J connectivity index is 1.51. The molecule has 3 saturated carbocycles. The number of carbonyl (C=O) groups is 1. The molecule has 5 rings (SSSR count). The van der Waals surface area contributed by atoms with Gasteiger partial charge in [-0.1, -0.05) is 19.4 Å². The number of thioether (sulfide) groups is 1. The fourth-order valence-electron chi connectivity index (χ4n) is 7.21. The molecule has 1 heterocycles. The average Bonchev–Trinajstić information content (AvgIpc) is 3.22. The molecule has 4 aliphatic carbocycles. The van der Waals surface area contributed by atoms with Crippen molar-refractivity contribution in [2.45, 2.75) is 70.0 Å². The van der Waals surface area contributed by atoms with Gasteiger partial charge in [-0.2, -0.15) is 11.8 Å². The van der Waals surface area contributed by atoms with Crippen LogP contribution in [0.3, 0.4) is 0 Å². The summed E-state index contributed by atoms with van der Waals surface area (Å²) in [7, 11) is 0. The molecule has 5 aliphatic rings. The summed E-state index contributed by atoms with van der Waals surface area (Å²) in [6.45, 7) is 5.14. The Morgan fingerprint density at radius 3 is 2.59 bits per heavy atom. The fourth-order valence-corrected chi connectivity index (χ4v) is 8.71. The summed E-state index contributed by atoms with van der Waals surface area (Å²) < 4.78 is 0.683. The molecule has 22 heavy (non-hydrogen) atoms. The molecule has 120 valence electrons. The molecule has 0 aromatic carbocycles. The normalized spacial score (nSPS) is 56.2. The van der Waals surface area contributed by atoms with Crippen LogP contribution in [0.4, 0.5) is 0 Å². The van der Waals surface area contributed by atoms with Crippen molar-refractivity contribution in [1.82, 2.24) is 0 Å². The standard InChI is InChI=1S/C20H28OS/c1-18-8-5-14(21)11-13(18)3-4-15-16(18)6-9-19(2)17(15)7-10-20(19)12-22-20/h11,15-17H,3-10,12H2,1-2H3/t15-,16-,17+,18+,19+,20+/m1/s1. The number of rotatable bonds is 0. The van der Waals surface area contributed by atoms with Crippen molar-refractivity contribution in [3.63, 3.8) is 0 Å². The molecule has 0 aromatic rings. The molecule has 0 radical (unpaired) electrons. The lowest BCUT2D eigenvalue weighted by atomic mass is 9.47. The molecule has 6 atom stereocenters. The smallest absolute Gasteiger partial charge is 0.155 e. The summed E-state index contributed by atoms with van der Waals surface area (Å²) in [5.41, 5.74) is 2.49. The van der Waals surface area contributed by atoms with Gasteiger partial charge in [0.1, 0.15) is 0 Å². The Labute approximate surface area is 138 Å². The highest BCUT2D eigenvalue weighted by molar-refractivity contribution is 8.08. The van der Waals surface area contributed by atoms with E-state index in [2.05, 4.69) is 25.6 Å². The summed E-state index contributed by atoms with van der Waals surface area (Å²) in [5, 5.41) is 0. The lowest BCUT2D eigenvalue weighted by Gasteiger charge is -2.58. The van der Waals surface area contributed by atoms with Crippen LogP contribution in [-0.4, -0.2) is 16.3 Å². The molecule has 0 amide bonds. The van der Waals surface area contributed by atoms with Crippen LogP contribution < -0.4 is 0 Å². The molecular weight excluding hydrogens is 288 g/mol. The summed E-state index contributed by atoms with van der Waals surface area (Å²) in [6.07, 6.45) is 12.4. The molecule has 1 spiro atoms. The van der Waals surface area contributed by atoms with Gasteiger partial charge < -0.3 is 0 Å². The topological polar surface area (TPSA) is 17.1 Å². The highest BCUT2D eigenvalue weighted by atomic mass is 32.2. The predicted molar refractivity (Wildman–Crippen MR) is 91.9 cm³/mol. The van der Waals surface area contributed by atoms with Gasteiger partial charge in [0.15, 0.2) is 5.78 Å². The lowest BCUT2D eigenvalue weighted by Crippen LogP contribution is -2.51. The first-order chi connectivity index (χ1) is 10.5. The van der Waals surface area contributed by atoms with Gasteiger partial charge in [0.2, 0.25) is 0 Å². The molecule has 1 saturated heterocycles. The fraction of sp³-hybridized carbons (Fsp3) is 0.850. The van der Waals surface area contributed by atoms with Gasteiger partial charge in [0, 0.05) is 16.9 Å². The second-order valence-corrected chi connectivity index (χ2v) is 10.6. The zero-order chi connectivity index (χ0) is 15.2. The lowest BCUT2D eigenvalue weighted by molar-refractivity contribution is -0.117. The van der Waals surface area contributed by atoms with Crippen molar-refractivity contribution in [2.75, 3.05) is 5.75 Å². The van der Waals surface area contributed by atoms with Crippen LogP contribution in [0.25, 0.3) is 0 Å².